The molecule has 0 bridgehead atoms. The number of hydrogen-bond donors (Lipinski definition) is 1. The second kappa shape index (κ2) is 3.48. The molecular weight excluding hydrogens is 206 g/mol. The summed E-state index contributed by atoms with van der Waals surface area (Å²) in [5.74, 6) is 1.62. The van der Waals surface area contributed by atoms with E-state index in [9.17, 15) is 5.11 Å². The summed E-state index contributed by atoms with van der Waals surface area (Å²) < 4.78 is 0. The number of aromatic nitrogens is 1. The summed E-state index contributed by atoms with van der Waals surface area (Å²) in [6.45, 7) is 0. The first kappa shape index (κ1) is 9.31. The van der Waals surface area contributed by atoms with Crippen molar-refractivity contribution < 1.29 is 5.11 Å². The molecule has 0 radical (unpaired) electrons. The smallest absolute Gasteiger partial charge is 0.0868 e. The molecule has 2 heterocycles. The molecule has 13 heavy (non-hydrogen) atoms. The van der Waals surface area contributed by atoms with Crippen LogP contribution >= 0.6 is 23.4 Å². The van der Waals surface area contributed by atoms with Gasteiger partial charge in [-0.1, -0.05) is 11.6 Å². The van der Waals surface area contributed by atoms with Crippen LogP contribution in [0.5, 0.6) is 0 Å². The lowest BCUT2D eigenvalue weighted by Gasteiger charge is -2.36. The summed E-state index contributed by atoms with van der Waals surface area (Å²) in [4.78, 5) is 3.90. The molecule has 0 aromatic carbocycles. The van der Waals surface area contributed by atoms with E-state index in [1.165, 1.54) is 0 Å². The molecule has 0 spiro atoms. The fourth-order valence-electron chi connectivity index (χ4n) is 1.34. The second-order valence-corrected chi connectivity index (χ2v) is 4.75. The van der Waals surface area contributed by atoms with Crippen LogP contribution in [0.1, 0.15) is 5.56 Å². The normalized spacial score (nSPS) is 19.5. The molecule has 0 unspecified atom stereocenters. The summed E-state index contributed by atoms with van der Waals surface area (Å²) in [6.07, 6.45) is 3.96. The van der Waals surface area contributed by atoms with Crippen molar-refractivity contribution >= 4 is 23.4 Å². The summed E-state index contributed by atoms with van der Waals surface area (Å²) in [6, 6.07) is 1.86. The van der Waals surface area contributed by atoms with E-state index in [0.717, 1.165) is 17.1 Å². The minimum Gasteiger partial charge on any atom is -0.388 e. The van der Waals surface area contributed by atoms with Gasteiger partial charge in [0, 0.05) is 30.3 Å². The van der Waals surface area contributed by atoms with Crippen molar-refractivity contribution in [3.63, 3.8) is 0 Å². The average molecular weight is 216 g/mol. The summed E-state index contributed by atoms with van der Waals surface area (Å²) in [5, 5.41) is 10.5. The molecule has 1 aromatic rings. The van der Waals surface area contributed by atoms with Crippen LogP contribution in [0.15, 0.2) is 18.5 Å². The van der Waals surface area contributed by atoms with Gasteiger partial charge in [-0.3, -0.25) is 4.98 Å². The van der Waals surface area contributed by atoms with E-state index in [4.69, 9.17) is 11.6 Å². The van der Waals surface area contributed by atoms with E-state index in [2.05, 4.69) is 4.98 Å². The maximum atomic E-state index is 9.89. The van der Waals surface area contributed by atoms with Crippen LogP contribution < -0.4 is 0 Å². The van der Waals surface area contributed by atoms with Crippen molar-refractivity contribution in [3.05, 3.63) is 29.0 Å². The SMILES string of the molecule is OC1(Cc2ccncc2Cl)CSC1. The van der Waals surface area contributed by atoms with Crippen LogP contribution in [-0.4, -0.2) is 27.2 Å². The largest absolute Gasteiger partial charge is 0.388 e. The van der Waals surface area contributed by atoms with Gasteiger partial charge in [0.15, 0.2) is 0 Å². The number of thioether (sulfide) groups is 1. The molecule has 0 atom stereocenters. The molecule has 70 valence electrons. The maximum absolute atomic E-state index is 9.89. The van der Waals surface area contributed by atoms with Gasteiger partial charge in [0.1, 0.15) is 0 Å². The summed E-state index contributed by atoms with van der Waals surface area (Å²) >= 11 is 7.69. The van der Waals surface area contributed by atoms with Gasteiger partial charge in [0.05, 0.1) is 10.6 Å². The number of aliphatic hydroxyl groups is 1. The third kappa shape index (κ3) is 1.98. The Kier molecular flexibility index (Phi) is 2.49. The van der Waals surface area contributed by atoms with Crippen molar-refractivity contribution in [1.29, 1.82) is 0 Å². The van der Waals surface area contributed by atoms with Crippen molar-refractivity contribution in [3.8, 4) is 0 Å². The summed E-state index contributed by atoms with van der Waals surface area (Å²) in [7, 11) is 0. The molecule has 0 saturated carbocycles. The zero-order valence-electron chi connectivity index (χ0n) is 7.03. The first-order chi connectivity index (χ1) is 6.20. The highest BCUT2D eigenvalue weighted by Gasteiger charge is 2.35. The first-order valence-corrected chi connectivity index (χ1v) is 5.61. The van der Waals surface area contributed by atoms with Crippen LogP contribution in [0, 0.1) is 0 Å². The van der Waals surface area contributed by atoms with Gasteiger partial charge in [0.25, 0.3) is 0 Å². The van der Waals surface area contributed by atoms with E-state index >= 15 is 0 Å². The number of hydrogen-bond acceptors (Lipinski definition) is 3. The monoisotopic (exact) mass is 215 g/mol. The molecule has 2 nitrogen and oxygen atoms in total. The average Bonchev–Trinajstić information content (AvgIpc) is 2.06. The first-order valence-electron chi connectivity index (χ1n) is 4.08. The Hall–Kier alpha value is -0.250. The number of nitrogens with zero attached hydrogens (tertiary/aromatic N) is 1. The minimum absolute atomic E-state index is 0.532. The standard InChI is InChI=1S/C9H10ClNOS/c10-8-4-11-2-1-7(8)3-9(12)5-13-6-9/h1-2,4,12H,3,5-6H2. The Morgan fingerprint density at radius 3 is 2.92 bits per heavy atom. The highest BCUT2D eigenvalue weighted by Crippen LogP contribution is 2.33. The fourth-order valence-corrected chi connectivity index (χ4v) is 2.41. The Bertz CT molecular complexity index is 314. The topological polar surface area (TPSA) is 33.1 Å². The molecule has 1 fully saturated rings. The molecule has 1 N–H and O–H groups in total. The molecule has 1 aliphatic rings. The van der Waals surface area contributed by atoms with E-state index in [1.54, 1.807) is 24.2 Å². The zero-order chi connectivity index (χ0) is 9.31. The third-order valence-electron chi connectivity index (χ3n) is 2.12. The lowest BCUT2D eigenvalue weighted by atomic mass is 9.98. The van der Waals surface area contributed by atoms with Crippen molar-refractivity contribution in [2.45, 2.75) is 12.0 Å². The minimum atomic E-state index is -0.532. The predicted molar refractivity (Wildman–Crippen MR) is 55.2 cm³/mol. The highest BCUT2D eigenvalue weighted by molar-refractivity contribution is 8.00. The molecule has 4 heteroatoms. The van der Waals surface area contributed by atoms with Crippen LogP contribution in [0.4, 0.5) is 0 Å². The number of halogens is 1. The van der Waals surface area contributed by atoms with Crippen molar-refractivity contribution in [1.82, 2.24) is 4.98 Å². The van der Waals surface area contributed by atoms with E-state index in [1.807, 2.05) is 6.07 Å². The van der Waals surface area contributed by atoms with Gasteiger partial charge in [-0.25, -0.2) is 0 Å². The lowest BCUT2D eigenvalue weighted by Crippen LogP contribution is -2.45. The van der Waals surface area contributed by atoms with Crippen molar-refractivity contribution in [2.24, 2.45) is 0 Å². The van der Waals surface area contributed by atoms with E-state index in [0.29, 0.717) is 11.4 Å². The van der Waals surface area contributed by atoms with Crippen LogP contribution in [0.25, 0.3) is 0 Å². The quantitative estimate of drug-likeness (QED) is 0.816. The Labute approximate surface area is 86.3 Å². The Morgan fingerprint density at radius 1 is 1.62 bits per heavy atom. The van der Waals surface area contributed by atoms with Gasteiger partial charge in [0.2, 0.25) is 0 Å². The van der Waals surface area contributed by atoms with Gasteiger partial charge in [-0.05, 0) is 11.6 Å². The summed E-state index contributed by atoms with van der Waals surface area (Å²) in [5.41, 5.74) is 0.454. The van der Waals surface area contributed by atoms with Crippen LogP contribution in [0.2, 0.25) is 5.02 Å². The molecule has 0 amide bonds. The van der Waals surface area contributed by atoms with Gasteiger partial charge in [-0.15, -0.1) is 0 Å². The lowest BCUT2D eigenvalue weighted by molar-refractivity contribution is 0.0793. The van der Waals surface area contributed by atoms with Gasteiger partial charge in [-0.2, -0.15) is 11.8 Å². The molecular formula is C9H10ClNOS. The number of rotatable bonds is 2. The number of pyridine rings is 1. The predicted octanol–water partition coefficient (Wildman–Crippen LogP) is 1.76. The van der Waals surface area contributed by atoms with Gasteiger partial charge < -0.3 is 5.11 Å². The van der Waals surface area contributed by atoms with Crippen LogP contribution in [-0.2, 0) is 6.42 Å². The molecule has 1 aliphatic heterocycles. The van der Waals surface area contributed by atoms with Crippen LogP contribution in [0.3, 0.4) is 0 Å². The zero-order valence-corrected chi connectivity index (χ0v) is 8.61. The molecule has 1 aromatic heterocycles. The molecule has 0 aliphatic carbocycles. The Morgan fingerprint density at radius 2 is 2.38 bits per heavy atom. The molecule has 2 rings (SSSR count). The van der Waals surface area contributed by atoms with Gasteiger partial charge >= 0.3 is 0 Å². The molecule has 1 saturated heterocycles. The highest BCUT2D eigenvalue weighted by atomic mass is 35.5. The second-order valence-electron chi connectivity index (χ2n) is 3.36. The Balaban J connectivity index is 2.13. The maximum Gasteiger partial charge on any atom is 0.0868 e. The van der Waals surface area contributed by atoms with E-state index in [-0.39, 0.29) is 0 Å². The van der Waals surface area contributed by atoms with E-state index < -0.39 is 5.60 Å². The fraction of sp³-hybridized carbons (Fsp3) is 0.444. The van der Waals surface area contributed by atoms with Crippen molar-refractivity contribution in [2.75, 3.05) is 11.5 Å². The third-order valence-corrected chi connectivity index (χ3v) is 3.94.